The number of primary amides is 2. The van der Waals surface area contributed by atoms with E-state index in [1.807, 2.05) is 0 Å². The lowest BCUT2D eigenvalue weighted by Crippen LogP contribution is -2.22. The first-order valence-corrected chi connectivity index (χ1v) is 2.48. The quantitative estimate of drug-likeness (QED) is 0.306. The molecule has 0 fully saturated rings. The van der Waals surface area contributed by atoms with Gasteiger partial charge in [0.05, 0.1) is 6.61 Å². The minimum Gasteiger partial charge on any atom is -0.479 e. The topological polar surface area (TPSA) is 147 Å². The average Bonchev–Trinajstić information content (AvgIpc) is 1.85. The molecule has 0 aliphatic carbocycles. The number of aliphatic hydroxyl groups excluding tert-OH is 2. The van der Waals surface area contributed by atoms with Gasteiger partial charge in [0.15, 0.2) is 6.10 Å². The number of hydrogen-bond donors (Lipinski definition) is 5. The second-order valence-electron chi connectivity index (χ2n) is 1.44. The number of aliphatic carboxylic acids is 1. The number of carboxylic acid groups (broad SMARTS) is 1. The SMILES string of the molecule is NC(N)=O.O=C(O)C(O)CO. The maximum absolute atomic E-state index is 9.52. The van der Waals surface area contributed by atoms with Gasteiger partial charge in [0, 0.05) is 0 Å². The maximum atomic E-state index is 9.52. The third-order valence-corrected chi connectivity index (χ3v) is 0.458. The zero-order valence-electron chi connectivity index (χ0n) is 5.60. The Bertz CT molecular complexity index is 132. The van der Waals surface area contributed by atoms with Crippen molar-refractivity contribution in [2.75, 3.05) is 6.61 Å². The van der Waals surface area contributed by atoms with Crippen molar-refractivity contribution < 1.29 is 24.9 Å². The second kappa shape index (κ2) is 6.78. The summed E-state index contributed by atoms with van der Waals surface area (Å²) >= 11 is 0. The van der Waals surface area contributed by atoms with E-state index >= 15 is 0 Å². The van der Waals surface area contributed by atoms with E-state index in [0.717, 1.165) is 0 Å². The van der Waals surface area contributed by atoms with Gasteiger partial charge in [0.25, 0.3) is 0 Å². The molecule has 11 heavy (non-hydrogen) atoms. The van der Waals surface area contributed by atoms with Gasteiger partial charge in [-0.2, -0.15) is 0 Å². The molecule has 0 spiro atoms. The fourth-order valence-electron chi connectivity index (χ4n) is 0.0781. The molecule has 0 aliphatic heterocycles. The predicted octanol–water partition coefficient (Wildman–Crippen LogP) is -2.55. The van der Waals surface area contributed by atoms with Gasteiger partial charge in [-0.3, -0.25) is 0 Å². The van der Waals surface area contributed by atoms with E-state index in [-0.39, 0.29) is 0 Å². The third kappa shape index (κ3) is 17.7. The minimum atomic E-state index is -1.63. The van der Waals surface area contributed by atoms with Crippen molar-refractivity contribution in [2.45, 2.75) is 6.10 Å². The molecule has 0 saturated heterocycles. The highest BCUT2D eigenvalue weighted by Gasteiger charge is 2.08. The highest BCUT2D eigenvalue weighted by molar-refractivity contribution is 5.71. The molecule has 7 heteroatoms. The Morgan fingerprint density at radius 3 is 1.64 bits per heavy atom. The Morgan fingerprint density at radius 2 is 1.64 bits per heavy atom. The summed E-state index contributed by atoms with van der Waals surface area (Å²) in [6.07, 6.45) is -1.63. The molecule has 0 bridgehead atoms. The van der Waals surface area contributed by atoms with Crippen LogP contribution < -0.4 is 11.5 Å². The largest absolute Gasteiger partial charge is 0.479 e. The number of carbonyl (C=O) groups excluding carboxylic acids is 1. The van der Waals surface area contributed by atoms with Crippen LogP contribution in [0.15, 0.2) is 0 Å². The summed E-state index contributed by atoms with van der Waals surface area (Å²) < 4.78 is 0. The minimum absolute atomic E-state index is 0.727. The number of carbonyl (C=O) groups is 2. The number of urea groups is 1. The van der Waals surface area contributed by atoms with Crippen LogP contribution in [0.2, 0.25) is 0 Å². The zero-order valence-corrected chi connectivity index (χ0v) is 5.60. The molecule has 2 amide bonds. The van der Waals surface area contributed by atoms with Crippen LogP contribution in [0.1, 0.15) is 0 Å². The zero-order chi connectivity index (χ0) is 9.44. The molecule has 7 N–H and O–H groups in total. The van der Waals surface area contributed by atoms with E-state index < -0.39 is 24.7 Å². The summed E-state index contributed by atoms with van der Waals surface area (Å²) in [5.41, 5.74) is 8.50. The number of carboxylic acids is 1. The van der Waals surface area contributed by atoms with E-state index in [2.05, 4.69) is 11.5 Å². The summed E-state index contributed by atoms with van der Waals surface area (Å²) in [5, 5.41) is 23.7. The van der Waals surface area contributed by atoms with E-state index in [0.29, 0.717) is 0 Å². The highest BCUT2D eigenvalue weighted by Crippen LogP contribution is 1.75. The molecule has 0 heterocycles. The summed E-state index contributed by atoms with van der Waals surface area (Å²) in [4.78, 5) is 18.5. The average molecular weight is 166 g/mol. The van der Waals surface area contributed by atoms with Gasteiger partial charge in [0.2, 0.25) is 0 Å². The van der Waals surface area contributed by atoms with Gasteiger partial charge < -0.3 is 26.8 Å². The molecule has 0 rings (SSSR count). The van der Waals surface area contributed by atoms with Crippen molar-refractivity contribution in [3.8, 4) is 0 Å². The smallest absolute Gasteiger partial charge is 0.334 e. The highest BCUT2D eigenvalue weighted by atomic mass is 16.4. The van der Waals surface area contributed by atoms with Gasteiger partial charge in [-0.05, 0) is 0 Å². The van der Waals surface area contributed by atoms with Crippen LogP contribution in [-0.2, 0) is 4.79 Å². The molecule has 1 atom stereocenters. The third-order valence-electron chi connectivity index (χ3n) is 0.458. The van der Waals surface area contributed by atoms with Gasteiger partial charge >= 0.3 is 12.0 Å². The van der Waals surface area contributed by atoms with Crippen molar-refractivity contribution in [1.82, 2.24) is 0 Å². The summed E-state index contributed by atoms with van der Waals surface area (Å²) in [6, 6.07) is -0.833. The van der Waals surface area contributed by atoms with Crippen LogP contribution >= 0.6 is 0 Å². The first-order chi connectivity index (χ1) is 4.91. The van der Waals surface area contributed by atoms with Crippen LogP contribution in [0.25, 0.3) is 0 Å². The molecule has 7 nitrogen and oxygen atoms in total. The van der Waals surface area contributed by atoms with Gasteiger partial charge in [0.1, 0.15) is 0 Å². The van der Waals surface area contributed by atoms with Crippen LogP contribution in [-0.4, -0.2) is 40.0 Å². The molecule has 0 aliphatic rings. The van der Waals surface area contributed by atoms with Gasteiger partial charge in [-0.25, -0.2) is 9.59 Å². The normalized spacial score (nSPS) is 10.7. The van der Waals surface area contributed by atoms with Crippen LogP contribution in [0, 0.1) is 0 Å². The standard InChI is InChI=1S/C3H6O4.CH4N2O/c4-1-2(5)3(6)7;2-1(3)4/h2,4-5H,1H2,(H,6,7);(H4,2,3,4). The van der Waals surface area contributed by atoms with Gasteiger partial charge in [-0.15, -0.1) is 0 Å². The Morgan fingerprint density at radius 1 is 1.36 bits per heavy atom. The summed E-state index contributed by atoms with van der Waals surface area (Å²) in [5.74, 6) is -1.40. The Kier molecular flexibility index (Phi) is 7.61. The van der Waals surface area contributed by atoms with Crippen LogP contribution in [0.5, 0.6) is 0 Å². The fraction of sp³-hybridized carbons (Fsp3) is 0.500. The Balaban J connectivity index is 0. The Labute approximate surface area is 62.2 Å². The summed E-state index contributed by atoms with van der Waals surface area (Å²) in [7, 11) is 0. The molecule has 0 aromatic carbocycles. The summed E-state index contributed by atoms with van der Waals surface area (Å²) in [6.45, 7) is -0.727. The Hall–Kier alpha value is -1.34. The fourth-order valence-corrected chi connectivity index (χ4v) is 0.0781. The first kappa shape index (κ1) is 12.3. The van der Waals surface area contributed by atoms with Crippen LogP contribution in [0.3, 0.4) is 0 Å². The lowest BCUT2D eigenvalue weighted by atomic mass is 10.4. The van der Waals surface area contributed by atoms with E-state index in [1.165, 1.54) is 0 Å². The van der Waals surface area contributed by atoms with Crippen molar-refractivity contribution in [3.63, 3.8) is 0 Å². The lowest BCUT2D eigenvalue weighted by Gasteiger charge is -1.95. The molecular formula is C4H10N2O5. The van der Waals surface area contributed by atoms with Crippen molar-refractivity contribution in [3.05, 3.63) is 0 Å². The number of amides is 2. The maximum Gasteiger partial charge on any atom is 0.334 e. The molecule has 0 saturated carbocycles. The van der Waals surface area contributed by atoms with E-state index in [9.17, 15) is 4.79 Å². The number of aliphatic hydroxyl groups is 2. The lowest BCUT2D eigenvalue weighted by molar-refractivity contribution is -0.148. The monoisotopic (exact) mass is 166 g/mol. The molecule has 66 valence electrons. The molecule has 1 unspecified atom stereocenters. The molecule has 0 aromatic rings. The predicted molar refractivity (Wildman–Crippen MR) is 34.5 cm³/mol. The second-order valence-corrected chi connectivity index (χ2v) is 1.44. The van der Waals surface area contributed by atoms with Crippen molar-refractivity contribution in [2.24, 2.45) is 11.5 Å². The van der Waals surface area contributed by atoms with Gasteiger partial charge in [-0.1, -0.05) is 0 Å². The van der Waals surface area contributed by atoms with E-state index in [4.69, 9.17) is 20.1 Å². The molecular weight excluding hydrogens is 156 g/mol. The van der Waals surface area contributed by atoms with Crippen LogP contribution in [0.4, 0.5) is 4.79 Å². The van der Waals surface area contributed by atoms with Crippen molar-refractivity contribution >= 4 is 12.0 Å². The number of rotatable bonds is 2. The van der Waals surface area contributed by atoms with E-state index in [1.54, 1.807) is 0 Å². The molecule has 0 aromatic heterocycles. The van der Waals surface area contributed by atoms with Crippen molar-refractivity contribution in [1.29, 1.82) is 0 Å². The first-order valence-electron chi connectivity index (χ1n) is 2.48. The number of hydrogen-bond acceptors (Lipinski definition) is 4. The number of nitrogens with two attached hydrogens (primary N) is 2. The molecule has 0 radical (unpaired) electrons.